The molecule has 1 rings (SSSR count). The van der Waals surface area contributed by atoms with Gasteiger partial charge in [-0.15, -0.1) is 0 Å². The van der Waals surface area contributed by atoms with Crippen molar-refractivity contribution in [1.82, 2.24) is 9.80 Å². The molecule has 112 valence electrons. The first-order chi connectivity index (χ1) is 9.31. The van der Waals surface area contributed by atoms with Gasteiger partial charge in [-0.05, 0) is 38.2 Å². The Labute approximate surface area is 119 Å². The van der Waals surface area contributed by atoms with Crippen molar-refractivity contribution in [2.45, 2.75) is 12.5 Å². The third-order valence-corrected chi connectivity index (χ3v) is 3.07. The molecule has 1 aromatic carbocycles. The van der Waals surface area contributed by atoms with E-state index in [1.807, 2.05) is 19.0 Å². The highest BCUT2D eigenvalue weighted by Crippen LogP contribution is 2.25. The number of nitrogens with zero attached hydrogens (tertiary/aromatic N) is 2. The number of amides is 1. The number of nitrogens with two attached hydrogens (primary N) is 1. The van der Waals surface area contributed by atoms with Crippen LogP contribution in [-0.4, -0.2) is 66.2 Å². The summed E-state index contributed by atoms with van der Waals surface area (Å²) in [5.41, 5.74) is 6.61. The van der Waals surface area contributed by atoms with Crippen LogP contribution in [0.2, 0.25) is 0 Å². The van der Waals surface area contributed by atoms with Gasteiger partial charge in [0.15, 0.2) is 11.5 Å². The second-order valence-corrected chi connectivity index (χ2v) is 5.20. The topological polar surface area (TPSA) is 90.0 Å². The van der Waals surface area contributed by atoms with Gasteiger partial charge in [0, 0.05) is 20.1 Å². The molecule has 0 bridgehead atoms. The van der Waals surface area contributed by atoms with Crippen LogP contribution in [0, 0.1) is 0 Å². The molecular weight excluding hydrogens is 258 g/mol. The molecule has 1 atom stereocenters. The largest absolute Gasteiger partial charge is 0.504 e. The molecule has 6 heteroatoms. The molecule has 0 aliphatic carbocycles. The fourth-order valence-corrected chi connectivity index (χ4v) is 1.78. The van der Waals surface area contributed by atoms with Crippen molar-refractivity contribution >= 4 is 5.91 Å². The minimum Gasteiger partial charge on any atom is -0.504 e. The van der Waals surface area contributed by atoms with E-state index in [2.05, 4.69) is 0 Å². The van der Waals surface area contributed by atoms with Gasteiger partial charge < -0.3 is 25.7 Å². The Balaban J connectivity index is 2.58. The van der Waals surface area contributed by atoms with Crippen molar-refractivity contribution in [3.63, 3.8) is 0 Å². The van der Waals surface area contributed by atoms with E-state index < -0.39 is 6.04 Å². The van der Waals surface area contributed by atoms with Gasteiger partial charge in [-0.25, -0.2) is 0 Å². The highest BCUT2D eigenvalue weighted by atomic mass is 16.3. The fraction of sp³-hybridized carbons (Fsp3) is 0.500. The zero-order chi connectivity index (χ0) is 15.3. The molecule has 0 radical (unpaired) electrons. The summed E-state index contributed by atoms with van der Waals surface area (Å²) in [7, 11) is 5.61. The Morgan fingerprint density at radius 3 is 2.40 bits per heavy atom. The van der Waals surface area contributed by atoms with Gasteiger partial charge in [0.2, 0.25) is 5.91 Å². The highest BCUT2D eigenvalue weighted by molar-refractivity contribution is 5.81. The first-order valence-electron chi connectivity index (χ1n) is 6.47. The van der Waals surface area contributed by atoms with Crippen LogP contribution in [0.1, 0.15) is 5.56 Å². The third-order valence-electron chi connectivity index (χ3n) is 3.07. The number of rotatable bonds is 6. The van der Waals surface area contributed by atoms with Gasteiger partial charge in [-0.2, -0.15) is 0 Å². The van der Waals surface area contributed by atoms with Crippen LogP contribution >= 0.6 is 0 Å². The van der Waals surface area contributed by atoms with Crippen LogP contribution < -0.4 is 5.73 Å². The summed E-state index contributed by atoms with van der Waals surface area (Å²) in [5.74, 6) is -0.528. The molecule has 0 fully saturated rings. The molecule has 0 aliphatic heterocycles. The first kappa shape index (κ1) is 16.3. The van der Waals surface area contributed by atoms with E-state index in [-0.39, 0.29) is 17.4 Å². The van der Waals surface area contributed by atoms with Crippen molar-refractivity contribution in [2.24, 2.45) is 5.73 Å². The Kier molecular flexibility index (Phi) is 5.79. The van der Waals surface area contributed by atoms with Crippen molar-refractivity contribution in [1.29, 1.82) is 0 Å². The molecule has 4 N–H and O–H groups in total. The summed E-state index contributed by atoms with van der Waals surface area (Å²) >= 11 is 0. The van der Waals surface area contributed by atoms with Gasteiger partial charge in [-0.1, -0.05) is 6.07 Å². The van der Waals surface area contributed by atoms with E-state index in [4.69, 9.17) is 5.73 Å². The lowest BCUT2D eigenvalue weighted by atomic mass is 10.0. The molecule has 20 heavy (non-hydrogen) atoms. The summed E-state index contributed by atoms with van der Waals surface area (Å²) in [6.45, 7) is 1.38. The number of likely N-dealkylation sites (N-methyl/N-ethyl adjacent to an activating group) is 2. The van der Waals surface area contributed by atoms with Crippen LogP contribution in [0.4, 0.5) is 0 Å². The van der Waals surface area contributed by atoms with E-state index >= 15 is 0 Å². The number of hydrogen-bond donors (Lipinski definition) is 3. The highest BCUT2D eigenvalue weighted by Gasteiger charge is 2.18. The van der Waals surface area contributed by atoms with Crippen LogP contribution in [0.5, 0.6) is 11.5 Å². The van der Waals surface area contributed by atoms with Gasteiger partial charge in [0.05, 0.1) is 6.04 Å². The minimum absolute atomic E-state index is 0.139. The fourth-order valence-electron chi connectivity index (χ4n) is 1.78. The SMILES string of the molecule is CN(C)CCN(C)C(=O)[C@@H](N)Cc1ccc(O)c(O)c1. The molecule has 0 unspecified atom stereocenters. The Bertz CT molecular complexity index is 463. The molecule has 1 amide bonds. The Morgan fingerprint density at radius 1 is 1.20 bits per heavy atom. The maximum Gasteiger partial charge on any atom is 0.239 e. The molecule has 0 spiro atoms. The molecular formula is C14H23N3O3. The molecule has 0 aliphatic rings. The van der Waals surface area contributed by atoms with Gasteiger partial charge in [-0.3, -0.25) is 4.79 Å². The van der Waals surface area contributed by atoms with E-state index in [9.17, 15) is 15.0 Å². The van der Waals surface area contributed by atoms with E-state index in [1.54, 1.807) is 18.0 Å². The quantitative estimate of drug-likeness (QED) is 0.638. The van der Waals surface area contributed by atoms with Crippen LogP contribution in [0.3, 0.4) is 0 Å². The first-order valence-corrected chi connectivity index (χ1v) is 6.47. The molecule has 0 aromatic heterocycles. The second-order valence-electron chi connectivity index (χ2n) is 5.20. The predicted molar refractivity (Wildman–Crippen MR) is 77.6 cm³/mol. The normalized spacial score (nSPS) is 12.4. The summed E-state index contributed by atoms with van der Waals surface area (Å²) in [4.78, 5) is 15.7. The van der Waals surface area contributed by atoms with E-state index in [1.165, 1.54) is 12.1 Å². The van der Waals surface area contributed by atoms with Crippen LogP contribution in [-0.2, 0) is 11.2 Å². The number of aromatic hydroxyl groups is 2. The lowest BCUT2D eigenvalue weighted by molar-refractivity contribution is -0.131. The molecule has 0 saturated heterocycles. The number of benzene rings is 1. The van der Waals surface area contributed by atoms with Gasteiger partial charge >= 0.3 is 0 Å². The maximum absolute atomic E-state index is 12.1. The van der Waals surface area contributed by atoms with Gasteiger partial charge in [0.1, 0.15) is 0 Å². The average Bonchev–Trinajstić information content (AvgIpc) is 2.39. The van der Waals surface area contributed by atoms with E-state index in [0.717, 1.165) is 6.54 Å². The zero-order valence-corrected chi connectivity index (χ0v) is 12.2. The van der Waals surface area contributed by atoms with Crippen molar-refractivity contribution in [3.8, 4) is 11.5 Å². The number of hydrogen-bond acceptors (Lipinski definition) is 5. The van der Waals surface area contributed by atoms with Gasteiger partial charge in [0.25, 0.3) is 0 Å². The Morgan fingerprint density at radius 2 is 1.85 bits per heavy atom. The number of carbonyl (C=O) groups excluding carboxylic acids is 1. The summed E-state index contributed by atoms with van der Waals surface area (Å²) < 4.78 is 0. The second kappa shape index (κ2) is 7.12. The summed E-state index contributed by atoms with van der Waals surface area (Å²) in [6, 6.07) is 3.79. The molecule has 6 nitrogen and oxygen atoms in total. The van der Waals surface area contributed by atoms with Crippen molar-refractivity contribution in [2.75, 3.05) is 34.2 Å². The number of carbonyl (C=O) groups is 1. The summed E-state index contributed by atoms with van der Waals surface area (Å²) in [6.07, 6.45) is 0.318. The van der Waals surface area contributed by atoms with Crippen LogP contribution in [0.15, 0.2) is 18.2 Å². The summed E-state index contributed by atoms with van der Waals surface area (Å²) in [5, 5.41) is 18.7. The maximum atomic E-state index is 12.1. The number of phenols is 2. The standard InChI is InChI=1S/C14H23N3O3/c1-16(2)6-7-17(3)14(20)11(15)8-10-4-5-12(18)13(19)9-10/h4-5,9,11,18-19H,6-8,15H2,1-3H3/t11-/m0/s1. The van der Waals surface area contributed by atoms with Crippen LogP contribution in [0.25, 0.3) is 0 Å². The minimum atomic E-state index is -0.661. The average molecular weight is 281 g/mol. The lowest BCUT2D eigenvalue weighted by Gasteiger charge is -2.23. The van der Waals surface area contributed by atoms with Crippen molar-refractivity contribution < 1.29 is 15.0 Å². The Hall–Kier alpha value is -1.79. The number of phenolic OH excluding ortho intramolecular Hbond substituents is 2. The zero-order valence-electron chi connectivity index (χ0n) is 12.2. The molecule has 0 heterocycles. The van der Waals surface area contributed by atoms with E-state index in [0.29, 0.717) is 18.5 Å². The molecule has 1 aromatic rings. The predicted octanol–water partition coefficient (Wildman–Crippen LogP) is -0.0124. The smallest absolute Gasteiger partial charge is 0.239 e. The monoisotopic (exact) mass is 281 g/mol. The lowest BCUT2D eigenvalue weighted by Crippen LogP contribution is -2.45. The third kappa shape index (κ3) is 4.71. The molecule has 0 saturated carbocycles. The van der Waals surface area contributed by atoms with Crippen molar-refractivity contribution in [3.05, 3.63) is 23.8 Å².